The highest BCUT2D eigenvalue weighted by Gasteiger charge is 2.03. The Morgan fingerprint density at radius 3 is 2.57 bits per heavy atom. The van der Waals surface area contributed by atoms with Gasteiger partial charge < -0.3 is 0 Å². The van der Waals surface area contributed by atoms with Crippen LogP contribution in [-0.4, -0.2) is 11.2 Å². The smallest absolute Gasteiger partial charge is 0.203 e. The minimum Gasteiger partial charge on any atom is -0.253 e. The Bertz CT molecular complexity index is 855. The van der Waals surface area contributed by atoms with E-state index in [1.54, 1.807) is 18.3 Å². The number of thiazole rings is 1. The summed E-state index contributed by atoms with van der Waals surface area (Å²) in [6, 6.07) is 17.6. The maximum Gasteiger partial charge on any atom is 0.203 e. The zero-order valence-electron chi connectivity index (χ0n) is 12.5. The van der Waals surface area contributed by atoms with Gasteiger partial charge in [-0.15, -0.1) is 11.3 Å². The second-order valence-corrected chi connectivity index (χ2v) is 5.87. The van der Waals surface area contributed by atoms with Crippen LogP contribution in [0.5, 0.6) is 0 Å². The summed E-state index contributed by atoms with van der Waals surface area (Å²) in [5.74, 6) is 0. The van der Waals surface area contributed by atoms with E-state index in [9.17, 15) is 0 Å². The molecule has 0 saturated carbocycles. The molecule has 23 heavy (non-hydrogen) atoms. The van der Waals surface area contributed by atoms with Gasteiger partial charge in [0.1, 0.15) is 0 Å². The number of benzene rings is 2. The van der Waals surface area contributed by atoms with E-state index in [0.717, 1.165) is 22.0 Å². The molecule has 0 aliphatic rings. The molecular weight excluding hydrogens is 304 g/mol. The Morgan fingerprint density at radius 2 is 1.87 bits per heavy atom. The van der Waals surface area contributed by atoms with Crippen molar-refractivity contribution in [3.8, 4) is 17.3 Å². The first-order chi connectivity index (χ1) is 11.2. The first-order valence-electron chi connectivity index (χ1n) is 7.06. The summed E-state index contributed by atoms with van der Waals surface area (Å²) in [4.78, 5) is 4.52. The van der Waals surface area contributed by atoms with Crippen molar-refractivity contribution < 1.29 is 0 Å². The Morgan fingerprint density at radius 1 is 1.13 bits per heavy atom. The number of nitrogens with zero attached hydrogens (tertiary/aromatic N) is 3. The van der Waals surface area contributed by atoms with E-state index >= 15 is 0 Å². The predicted octanol–water partition coefficient (Wildman–Crippen LogP) is 4.44. The van der Waals surface area contributed by atoms with Crippen molar-refractivity contribution in [2.45, 2.75) is 6.92 Å². The van der Waals surface area contributed by atoms with Crippen molar-refractivity contribution in [1.82, 2.24) is 4.98 Å². The van der Waals surface area contributed by atoms with Crippen LogP contribution in [0.25, 0.3) is 11.3 Å². The number of nitriles is 1. The zero-order valence-corrected chi connectivity index (χ0v) is 13.3. The maximum atomic E-state index is 8.76. The molecule has 0 saturated heterocycles. The zero-order chi connectivity index (χ0) is 16.1. The minimum absolute atomic E-state index is 0.637. The molecule has 0 bridgehead atoms. The summed E-state index contributed by atoms with van der Waals surface area (Å²) in [5, 5.41) is 15.7. The van der Waals surface area contributed by atoms with Crippen molar-refractivity contribution in [2.75, 3.05) is 5.43 Å². The number of aryl methyl sites for hydroxylation is 1. The molecule has 112 valence electrons. The van der Waals surface area contributed by atoms with Gasteiger partial charge in [0.25, 0.3) is 0 Å². The largest absolute Gasteiger partial charge is 0.253 e. The molecule has 4 nitrogen and oxygen atoms in total. The van der Waals surface area contributed by atoms with Gasteiger partial charge in [-0.3, -0.25) is 5.43 Å². The molecule has 1 heterocycles. The molecular formula is C18H14N4S. The highest BCUT2D eigenvalue weighted by atomic mass is 32.1. The molecule has 3 aromatic rings. The van der Waals surface area contributed by atoms with E-state index < -0.39 is 0 Å². The van der Waals surface area contributed by atoms with Gasteiger partial charge in [0, 0.05) is 10.9 Å². The Kier molecular flexibility index (Phi) is 4.46. The van der Waals surface area contributed by atoms with Crippen molar-refractivity contribution in [3.05, 3.63) is 70.6 Å². The summed E-state index contributed by atoms with van der Waals surface area (Å²) < 4.78 is 0. The van der Waals surface area contributed by atoms with Crippen molar-refractivity contribution in [3.63, 3.8) is 0 Å². The maximum absolute atomic E-state index is 8.76. The lowest BCUT2D eigenvalue weighted by molar-refractivity contribution is 1.29. The van der Waals surface area contributed by atoms with Crippen LogP contribution in [0, 0.1) is 18.3 Å². The van der Waals surface area contributed by atoms with Crippen LogP contribution in [0.15, 0.2) is 59.0 Å². The third-order valence-corrected chi connectivity index (χ3v) is 4.01. The second-order valence-electron chi connectivity index (χ2n) is 5.01. The van der Waals surface area contributed by atoms with Gasteiger partial charge in [-0.1, -0.05) is 42.0 Å². The van der Waals surface area contributed by atoms with Gasteiger partial charge in [0.2, 0.25) is 5.13 Å². The van der Waals surface area contributed by atoms with E-state index in [0.29, 0.717) is 5.56 Å². The van der Waals surface area contributed by atoms with Gasteiger partial charge in [-0.2, -0.15) is 10.4 Å². The summed E-state index contributed by atoms with van der Waals surface area (Å²) in [6.07, 6.45) is 1.70. The summed E-state index contributed by atoms with van der Waals surface area (Å²) in [7, 11) is 0. The first kappa shape index (κ1) is 14.9. The van der Waals surface area contributed by atoms with Crippen LogP contribution in [-0.2, 0) is 0 Å². The molecule has 0 aliphatic carbocycles. The molecule has 0 fully saturated rings. The fourth-order valence-corrected chi connectivity index (χ4v) is 2.66. The predicted molar refractivity (Wildman–Crippen MR) is 94.7 cm³/mol. The van der Waals surface area contributed by atoms with Crippen molar-refractivity contribution in [1.29, 1.82) is 5.26 Å². The van der Waals surface area contributed by atoms with Crippen LogP contribution in [0.4, 0.5) is 5.13 Å². The van der Waals surface area contributed by atoms with Crippen molar-refractivity contribution in [2.24, 2.45) is 5.10 Å². The topological polar surface area (TPSA) is 61.1 Å². The van der Waals surface area contributed by atoms with Gasteiger partial charge in [-0.25, -0.2) is 4.98 Å². The van der Waals surface area contributed by atoms with Gasteiger partial charge >= 0.3 is 0 Å². The minimum atomic E-state index is 0.637. The highest BCUT2D eigenvalue weighted by molar-refractivity contribution is 7.14. The fraction of sp³-hybridized carbons (Fsp3) is 0.0556. The number of hydrogen-bond acceptors (Lipinski definition) is 5. The van der Waals surface area contributed by atoms with Gasteiger partial charge in [0.05, 0.1) is 23.5 Å². The highest BCUT2D eigenvalue weighted by Crippen LogP contribution is 2.25. The Hall–Kier alpha value is -2.97. The van der Waals surface area contributed by atoms with Crippen LogP contribution < -0.4 is 5.43 Å². The third-order valence-electron chi connectivity index (χ3n) is 3.27. The number of aromatic nitrogens is 1. The van der Waals surface area contributed by atoms with Gasteiger partial charge in [-0.05, 0) is 24.6 Å². The molecule has 1 N–H and O–H groups in total. The molecule has 2 aromatic carbocycles. The quantitative estimate of drug-likeness (QED) is 0.571. The molecule has 5 heteroatoms. The Labute approximate surface area is 138 Å². The van der Waals surface area contributed by atoms with E-state index in [1.807, 2.05) is 17.5 Å². The summed E-state index contributed by atoms with van der Waals surface area (Å²) in [5.41, 5.74) is 7.76. The number of anilines is 1. The fourth-order valence-electron chi connectivity index (χ4n) is 1.99. The average molecular weight is 318 g/mol. The van der Waals surface area contributed by atoms with Gasteiger partial charge in [0.15, 0.2) is 0 Å². The monoisotopic (exact) mass is 318 g/mol. The van der Waals surface area contributed by atoms with Crippen LogP contribution in [0.2, 0.25) is 0 Å². The van der Waals surface area contributed by atoms with E-state index in [2.05, 4.69) is 52.8 Å². The molecule has 0 atom stereocenters. The summed E-state index contributed by atoms with van der Waals surface area (Å²) in [6.45, 7) is 2.07. The molecule has 0 aliphatic heterocycles. The van der Waals surface area contributed by atoms with E-state index in [1.165, 1.54) is 16.9 Å². The van der Waals surface area contributed by atoms with E-state index in [4.69, 9.17) is 5.26 Å². The van der Waals surface area contributed by atoms with Crippen molar-refractivity contribution >= 4 is 22.7 Å². The molecule has 0 spiro atoms. The van der Waals surface area contributed by atoms with Crippen LogP contribution in [0.3, 0.4) is 0 Å². The van der Waals surface area contributed by atoms with Crippen LogP contribution in [0.1, 0.15) is 16.7 Å². The number of rotatable bonds is 4. The summed E-state index contributed by atoms with van der Waals surface area (Å²) >= 11 is 1.51. The lowest BCUT2D eigenvalue weighted by Crippen LogP contribution is -1.90. The van der Waals surface area contributed by atoms with Crippen LogP contribution >= 0.6 is 11.3 Å². The molecule has 0 radical (unpaired) electrons. The molecule has 0 amide bonds. The normalized spacial score (nSPS) is 10.6. The lowest BCUT2D eigenvalue weighted by Gasteiger charge is -1.97. The molecule has 1 aromatic heterocycles. The lowest BCUT2D eigenvalue weighted by atomic mass is 10.1. The van der Waals surface area contributed by atoms with E-state index in [-0.39, 0.29) is 0 Å². The number of hydrazone groups is 1. The SMILES string of the molecule is Cc1ccc(-c2csc(N/N=C\c3ccc(C#N)cc3)n2)cc1. The third kappa shape index (κ3) is 3.82. The number of nitrogens with one attached hydrogen (secondary N) is 1. The molecule has 3 rings (SSSR count). The molecule has 0 unspecified atom stereocenters. The average Bonchev–Trinajstić information content (AvgIpc) is 3.05. The standard InChI is InChI=1S/C18H14N4S/c1-13-2-8-16(9-3-13)17-12-23-18(21-17)22-20-11-15-6-4-14(10-19)5-7-15/h2-9,11-12H,1H3,(H,21,22)/b20-11-. The first-order valence-corrected chi connectivity index (χ1v) is 7.94. The second kappa shape index (κ2) is 6.86. The Balaban J connectivity index is 1.65. The number of hydrogen-bond donors (Lipinski definition) is 1.